The predicted molar refractivity (Wildman–Crippen MR) is 66.3 cm³/mol. The second-order valence-electron chi connectivity index (χ2n) is 4.41. The summed E-state index contributed by atoms with van der Waals surface area (Å²) >= 11 is 5.59. The summed E-state index contributed by atoms with van der Waals surface area (Å²) in [6.07, 6.45) is -1.45. The van der Waals surface area contributed by atoms with Gasteiger partial charge in [-0.1, -0.05) is 11.6 Å². The Bertz CT molecular complexity index is 433. The van der Waals surface area contributed by atoms with Crippen LogP contribution in [0.3, 0.4) is 0 Å². The molecule has 1 fully saturated rings. The van der Waals surface area contributed by atoms with E-state index in [4.69, 9.17) is 16.3 Å². The van der Waals surface area contributed by atoms with Gasteiger partial charge in [0.25, 0.3) is 0 Å². The Morgan fingerprint density at radius 1 is 1.42 bits per heavy atom. The van der Waals surface area contributed by atoms with Gasteiger partial charge in [-0.3, -0.25) is 0 Å². The fraction of sp³-hybridized carbons (Fsp3) is 0.583. The lowest BCUT2D eigenvalue weighted by atomic mass is 10.2. The lowest BCUT2D eigenvalue weighted by molar-refractivity contribution is -0.137. The van der Waals surface area contributed by atoms with Gasteiger partial charge < -0.3 is 10.1 Å². The van der Waals surface area contributed by atoms with Crippen molar-refractivity contribution in [1.82, 2.24) is 4.98 Å². The van der Waals surface area contributed by atoms with Crippen LogP contribution in [-0.4, -0.2) is 24.2 Å². The zero-order valence-corrected chi connectivity index (χ0v) is 10.9. The third-order valence-corrected chi connectivity index (χ3v) is 3.11. The molecule has 7 heteroatoms. The Morgan fingerprint density at radius 3 is 2.84 bits per heavy atom. The third kappa shape index (κ3) is 4.24. The first-order valence-electron chi connectivity index (χ1n) is 6.05. The van der Waals surface area contributed by atoms with Crippen molar-refractivity contribution in [3.8, 4) is 0 Å². The van der Waals surface area contributed by atoms with E-state index in [0.29, 0.717) is 6.54 Å². The van der Waals surface area contributed by atoms with Crippen LogP contribution in [-0.2, 0) is 10.9 Å². The van der Waals surface area contributed by atoms with Crippen LogP contribution in [0.25, 0.3) is 0 Å². The SMILES string of the molecule is FC(F)(F)c1cc(Cl)nc(NCCC2CCCO2)c1. The van der Waals surface area contributed by atoms with E-state index in [1.807, 2.05) is 0 Å². The smallest absolute Gasteiger partial charge is 0.378 e. The topological polar surface area (TPSA) is 34.2 Å². The number of alkyl halides is 3. The monoisotopic (exact) mass is 294 g/mol. The Morgan fingerprint density at radius 2 is 2.21 bits per heavy atom. The fourth-order valence-corrected chi connectivity index (χ4v) is 2.19. The molecule has 106 valence electrons. The van der Waals surface area contributed by atoms with Crippen LogP contribution in [0.5, 0.6) is 0 Å². The minimum Gasteiger partial charge on any atom is -0.378 e. The molecule has 0 spiro atoms. The lowest BCUT2D eigenvalue weighted by Crippen LogP contribution is -2.14. The summed E-state index contributed by atoms with van der Waals surface area (Å²) < 4.78 is 43.2. The number of hydrogen-bond acceptors (Lipinski definition) is 3. The third-order valence-electron chi connectivity index (χ3n) is 2.92. The summed E-state index contributed by atoms with van der Waals surface area (Å²) in [5, 5.41) is 2.68. The minimum absolute atomic E-state index is 0.137. The molecular formula is C12H14ClF3N2O. The van der Waals surface area contributed by atoms with Gasteiger partial charge in [-0.25, -0.2) is 4.98 Å². The quantitative estimate of drug-likeness (QED) is 0.859. The Hall–Kier alpha value is -1.01. The van der Waals surface area contributed by atoms with Gasteiger partial charge in [-0.05, 0) is 31.4 Å². The van der Waals surface area contributed by atoms with E-state index in [1.165, 1.54) is 0 Å². The fourth-order valence-electron chi connectivity index (χ4n) is 1.98. The Kier molecular flexibility index (Phi) is 4.52. The molecule has 1 atom stereocenters. The summed E-state index contributed by atoms with van der Waals surface area (Å²) in [5.74, 6) is 0.137. The van der Waals surface area contributed by atoms with Crippen LogP contribution >= 0.6 is 11.6 Å². The average Bonchev–Trinajstić information content (AvgIpc) is 2.80. The highest BCUT2D eigenvalue weighted by Crippen LogP contribution is 2.31. The molecule has 1 aromatic rings. The molecule has 0 radical (unpaired) electrons. The number of anilines is 1. The highest BCUT2D eigenvalue weighted by Gasteiger charge is 2.31. The number of rotatable bonds is 4. The van der Waals surface area contributed by atoms with Gasteiger partial charge in [-0.2, -0.15) is 13.2 Å². The number of halogens is 4. The Labute approximate surface area is 114 Å². The van der Waals surface area contributed by atoms with Gasteiger partial charge in [0.05, 0.1) is 11.7 Å². The van der Waals surface area contributed by atoms with E-state index in [1.54, 1.807) is 0 Å². The molecule has 0 saturated carbocycles. The molecule has 3 nitrogen and oxygen atoms in total. The molecule has 1 aliphatic heterocycles. The molecular weight excluding hydrogens is 281 g/mol. The molecule has 2 rings (SSSR count). The van der Waals surface area contributed by atoms with Crippen molar-refractivity contribution in [2.45, 2.75) is 31.5 Å². The zero-order valence-electron chi connectivity index (χ0n) is 10.1. The minimum atomic E-state index is -4.42. The molecule has 1 unspecified atom stereocenters. The molecule has 0 aromatic carbocycles. The molecule has 0 bridgehead atoms. The number of pyridine rings is 1. The molecule has 1 N–H and O–H groups in total. The first kappa shape index (κ1) is 14.4. The summed E-state index contributed by atoms with van der Waals surface area (Å²) in [6, 6.07) is 1.77. The number of ether oxygens (including phenoxy) is 1. The van der Waals surface area contributed by atoms with Gasteiger partial charge in [-0.15, -0.1) is 0 Å². The predicted octanol–water partition coefficient (Wildman–Crippen LogP) is 3.73. The van der Waals surface area contributed by atoms with Gasteiger partial charge >= 0.3 is 6.18 Å². The summed E-state index contributed by atoms with van der Waals surface area (Å²) in [6.45, 7) is 1.27. The van der Waals surface area contributed by atoms with Crippen LogP contribution in [0.2, 0.25) is 5.15 Å². The standard InChI is InChI=1S/C12H14ClF3N2O/c13-10-6-8(12(14,15)16)7-11(18-10)17-4-3-9-2-1-5-19-9/h6-7,9H,1-5H2,(H,17,18). The largest absolute Gasteiger partial charge is 0.416 e. The molecule has 0 amide bonds. The normalized spacial score (nSPS) is 19.7. The number of aromatic nitrogens is 1. The van der Waals surface area contributed by atoms with E-state index in [-0.39, 0.29) is 17.1 Å². The van der Waals surface area contributed by atoms with Crippen molar-refractivity contribution in [1.29, 1.82) is 0 Å². The van der Waals surface area contributed by atoms with Crippen LogP contribution < -0.4 is 5.32 Å². The lowest BCUT2D eigenvalue weighted by Gasteiger charge is -2.12. The number of nitrogens with zero attached hydrogens (tertiary/aromatic N) is 1. The second-order valence-corrected chi connectivity index (χ2v) is 4.80. The van der Waals surface area contributed by atoms with Crippen molar-refractivity contribution < 1.29 is 17.9 Å². The van der Waals surface area contributed by atoms with E-state index in [0.717, 1.165) is 38.0 Å². The average molecular weight is 295 g/mol. The van der Waals surface area contributed by atoms with Crippen molar-refractivity contribution >= 4 is 17.4 Å². The Balaban J connectivity index is 1.94. The van der Waals surface area contributed by atoms with Crippen molar-refractivity contribution in [3.05, 3.63) is 22.8 Å². The summed E-state index contributed by atoms with van der Waals surface area (Å²) in [7, 11) is 0. The van der Waals surface area contributed by atoms with E-state index >= 15 is 0 Å². The second kappa shape index (κ2) is 5.96. The van der Waals surface area contributed by atoms with E-state index < -0.39 is 11.7 Å². The molecule has 1 saturated heterocycles. The van der Waals surface area contributed by atoms with Crippen molar-refractivity contribution in [3.63, 3.8) is 0 Å². The molecule has 19 heavy (non-hydrogen) atoms. The number of hydrogen-bond donors (Lipinski definition) is 1. The van der Waals surface area contributed by atoms with Crippen molar-refractivity contribution in [2.24, 2.45) is 0 Å². The zero-order chi connectivity index (χ0) is 13.9. The maximum Gasteiger partial charge on any atom is 0.416 e. The number of nitrogens with one attached hydrogen (secondary N) is 1. The maximum absolute atomic E-state index is 12.6. The molecule has 2 heterocycles. The summed E-state index contributed by atoms with van der Waals surface area (Å²) in [4.78, 5) is 3.82. The maximum atomic E-state index is 12.6. The van der Waals surface area contributed by atoms with Gasteiger partial charge in [0.1, 0.15) is 11.0 Å². The molecule has 1 aliphatic rings. The molecule has 0 aliphatic carbocycles. The first-order chi connectivity index (χ1) is 8.95. The van der Waals surface area contributed by atoms with E-state index in [2.05, 4.69) is 10.3 Å². The van der Waals surface area contributed by atoms with E-state index in [9.17, 15) is 13.2 Å². The summed E-state index contributed by atoms with van der Waals surface area (Å²) in [5.41, 5.74) is -0.799. The first-order valence-corrected chi connectivity index (χ1v) is 6.43. The van der Waals surface area contributed by atoms with Crippen molar-refractivity contribution in [2.75, 3.05) is 18.5 Å². The van der Waals surface area contributed by atoms with Crippen LogP contribution in [0.1, 0.15) is 24.8 Å². The highest BCUT2D eigenvalue weighted by molar-refractivity contribution is 6.29. The van der Waals surface area contributed by atoms with Crippen LogP contribution in [0.15, 0.2) is 12.1 Å². The molecule has 1 aromatic heterocycles. The van der Waals surface area contributed by atoms with Gasteiger partial charge in [0.2, 0.25) is 0 Å². The van der Waals surface area contributed by atoms with Crippen LogP contribution in [0.4, 0.5) is 19.0 Å². The van der Waals surface area contributed by atoms with Crippen LogP contribution in [0, 0.1) is 0 Å². The highest BCUT2D eigenvalue weighted by atomic mass is 35.5. The van der Waals surface area contributed by atoms with Gasteiger partial charge in [0, 0.05) is 13.2 Å². The van der Waals surface area contributed by atoms with Gasteiger partial charge in [0.15, 0.2) is 0 Å².